The van der Waals surface area contributed by atoms with E-state index in [0.29, 0.717) is 58.1 Å². The molecule has 4 amide bonds. The predicted octanol–water partition coefficient (Wildman–Crippen LogP) is 4.80. The Bertz CT molecular complexity index is 1320. The van der Waals surface area contributed by atoms with Crippen LogP contribution in [0.15, 0.2) is 18.2 Å². The highest BCUT2D eigenvalue weighted by atomic mass is 16.6. The van der Waals surface area contributed by atoms with E-state index in [2.05, 4.69) is 5.32 Å². The summed E-state index contributed by atoms with van der Waals surface area (Å²) in [7, 11) is 1.66. The number of methoxy groups -OCH3 is 1. The molecule has 5 rings (SSSR count). The van der Waals surface area contributed by atoms with E-state index in [1.165, 1.54) is 4.90 Å². The van der Waals surface area contributed by atoms with Gasteiger partial charge in [0.15, 0.2) is 0 Å². The standard InChI is InChI=1S/C36H54N4O7.H2/c1-35(2,3)47-34(44)38-22-26(31(41)37-21-24-12-16-46-17-13-24)18-27(23-38)32(42)40(28-10-11-28)29-9-8-25-20-36(4,5)33(43)39(30(25)19-29)14-7-15-45-6;/h8-9,19,24,26-28H,7,10-18,20-23H2,1-6H3,(H,37,41);1H/t26-,27+;/m0./s1. The van der Waals surface area contributed by atoms with E-state index in [0.717, 1.165) is 42.6 Å². The highest BCUT2D eigenvalue weighted by Crippen LogP contribution is 2.42. The molecule has 11 nitrogen and oxygen atoms in total. The number of nitrogens with zero attached hydrogens (tertiary/aromatic N) is 3. The molecule has 1 aromatic carbocycles. The number of fused-ring (bicyclic) bond motifs is 1. The Morgan fingerprint density at radius 3 is 2.45 bits per heavy atom. The van der Waals surface area contributed by atoms with Gasteiger partial charge in [-0.25, -0.2) is 4.79 Å². The van der Waals surface area contributed by atoms with Crippen molar-refractivity contribution in [1.29, 1.82) is 0 Å². The highest BCUT2D eigenvalue weighted by molar-refractivity contribution is 6.02. The Kier molecular flexibility index (Phi) is 10.9. The van der Waals surface area contributed by atoms with Crippen LogP contribution in [-0.2, 0) is 35.0 Å². The molecule has 0 spiro atoms. The maximum atomic E-state index is 14.5. The first-order chi connectivity index (χ1) is 22.3. The maximum absolute atomic E-state index is 14.5. The Balaban J connectivity index is 0.00000520. The molecule has 0 radical (unpaired) electrons. The number of hydrogen-bond donors (Lipinski definition) is 1. The zero-order valence-corrected chi connectivity index (χ0v) is 29.1. The third kappa shape index (κ3) is 8.65. The van der Waals surface area contributed by atoms with Crippen LogP contribution in [0.2, 0.25) is 0 Å². The molecule has 2 atom stereocenters. The van der Waals surface area contributed by atoms with Crippen molar-refractivity contribution in [2.45, 2.75) is 91.2 Å². The molecule has 3 aliphatic heterocycles. The van der Waals surface area contributed by atoms with Crippen molar-refractivity contribution in [3.63, 3.8) is 0 Å². The van der Waals surface area contributed by atoms with Crippen LogP contribution in [0.3, 0.4) is 0 Å². The number of nitrogens with one attached hydrogen (secondary N) is 1. The first-order valence-electron chi connectivity index (χ1n) is 17.4. The lowest BCUT2D eigenvalue weighted by molar-refractivity contribution is -0.131. The van der Waals surface area contributed by atoms with Gasteiger partial charge >= 0.3 is 6.09 Å². The number of piperidine rings is 1. The van der Waals surface area contributed by atoms with Gasteiger partial charge < -0.3 is 34.2 Å². The Morgan fingerprint density at radius 2 is 1.79 bits per heavy atom. The predicted molar refractivity (Wildman–Crippen MR) is 181 cm³/mol. The second-order valence-electron chi connectivity index (χ2n) is 15.4. The molecule has 1 aliphatic carbocycles. The lowest BCUT2D eigenvalue weighted by Gasteiger charge is -2.40. The van der Waals surface area contributed by atoms with Crippen molar-refractivity contribution >= 4 is 35.2 Å². The summed E-state index contributed by atoms with van der Waals surface area (Å²) in [6, 6.07) is 6.06. The molecule has 1 saturated carbocycles. The van der Waals surface area contributed by atoms with Crippen LogP contribution in [0.5, 0.6) is 0 Å². The van der Waals surface area contributed by atoms with Crippen LogP contribution >= 0.6 is 0 Å². The first kappa shape index (κ1) is 35.1. The summed E-state index contributed by atoms with van der Waals surface area (Å²) in [5.74, 6) is -0.927. The summed E-state index contributed by atoms with van der Waals surface area (Å²) in [6.45, 7) is 12.8. The van der Waals surface area contributed by atoms with Crippen LogP contribution in [0.4, 0.5) is 16.2 Å². The smallest absolute Gasteiger partial charge is 0.410 e. The van der Waals surface area contributed by atoms with Crippen molar-refractivity contribution in [2.75, 3.05) is 62.9 Å². The van der Waals surface area contributed by atoms with Gasteiger partial charge in [-0.1, -0.05) is 19.9 Å². The minimum atomic E-state index is -0.709. The molecule has 3 fully saturated rings. The SMILES string of the molecule is COCCCN1C(=O)C(C)(C)Cc2ccc(N(C(=O)[C@@H]3C[C@H](C(=O)NCC4CCOCC4)CN(C(=O)OC(C)(C)C)C3)C3CC3)cc21.[HH]. The van der Waals surface area contributed by atoms with Gasteiger partial charge in [-0.3, -0.25) is 14.4 Å². The molecule has 3 heterocycles. The van der Waals surface area contributed by atoms with Crippen LogP contribution in [0.25, 0.3) is 0 Å². The van der Waals surface area contributed by atoms with Gasteiger partial charge in [0.2, 0.25) is 17.7 Å². The number of amides is 4. The lowest BCUT2D eigenvalue weighted by atomic mass is 9.80. The average molecular weight is 657 g/mol. The van der Waals surface area contributed by atoms with Gasteiger partial charge in [0.05, 0.1) is 11.8 Å². The van der Waals surface area contributed by atoms with E-state index in [1.807, 2.05) is 62.6 Å². The fourth-order valence-corrected chi connectivity index (χ4v) is 7.05. The molecule has 2 saturated heterocycles. The number of carbonyl (C=O) groups excluding carboxylic acids is 4. The quantitative estimate of drug-likeness (QED) is 0.360. The zero-order valence-electron chi connectivity index (χ0n) is 29.1. The number of carbonyl (C=O) groups is 4. The minimum absolute atomic E-state index is 0. The van der Waals surface area contributed by atoms with Crippen molar-refractivity contribution in [1.82, 2.24) is 10.2 Å². The molecule has 0 unspecified atom stereocenters. The highest BCUT2D eigenvalue weighted by Gasteiger charge is 2.44. The third-order valence-electron chi connectivity index (χ3n) is 9.70. The zero-order chi connectivity index (χ0) is 33.9. The summed E-state index contributed by atoms with van der Waals surface area (Å²) in [6.07, 6.45) is 4.72. The minimum Gasteiger partial charge on any atom is -0.444 e. The normalized spacial score (nSPS) is 23.2. The Hall–Kier alpha value is -3.18. The van der Waals surface area contributed by atoms with E-state index < -0.39 is 28.9 Å². The summed E-state index contributed by atoms with van der Waals surface area (Å²) in [5, 5.41) is 3.11. The van der Waals surface area contributed by atoms with Gasteiger partial charge in [0.25, 0.3) is 0 Å². The number of ether oxygens (including phenoxy) is 3. The van der Waals surface area contributed by atoms with E-state index in [-0.39, 0.29) is 38.3 Å². The fraction of sp³-hybridized carbons (Fsp3) is 0.722. The number of benzene rings is 1. The van der Waals surface area contributed by atoms with Gasteiger partial charge in [-0.15, -0.1) is 0 Å². The van der Waals surface area contributed by atoms with Crippen LogP contribution in [-0.4, -0.2) is 93.5 Å². The van der Waals surface area contributed by atoms with E-state index in [9.17, 15) is 19.2 Å². The van der Waals surface area contributed by atoms with Crippen molar-refractivity contribution < 1.29 is 34.8 Å². The molecule has 262 valence electrons. The molecular formula is C36H56N4O7. The second kappa shape index (κ2) is 14.5. The van der Waals surface area contributed by atoms with Gasteiger partial charge in [-0.2, -0.15) is 0 Å². The number of likely N-dealkylation sites (tertiary alicyclic amines) is 1. The molecule has 0 aromatic heterocycles. The second-order valence-corrected chi connectivity index (χ2v) is 15.4. The summed E-state index contributed by atoms with van der Waals surface area (Å²) < 4.78 is 16.4. The molecule has 11 heteroatoms. The monoisotopic (exact) mass is 656 g/mol. The number of rotatable bonds is 10. The lowest BCUT2D eigenvalue weighted by Crippen LogP contribution is -2.54. The van der Waals surface area contributed by atoms with Crippen molar-refractivity contribution in [3.05, 3.63) is 23.8 Å². The van der Waals surface area contributed by atoms with Crippen molar-refractivity contribution in [2.24, 2.45) is 23.2 Å². The molecular weight excluding hydrogens is 600 g/mol. The Labute approximate surface area is 281 Å². The van der Waals surface area contributed by atoms with E-state index >= 15 is 0 Å². The number of hydrogen-bond acceptors (Lipinski definition) is 7. The topological polar surface area (TPSA) is 118 Å². The first-order valence-corrected chi connectivity index (χ1v) is 17.4. The van der Waals surface area contributed by atoms with Gasteiger partial charge in [0.1, 0.15) is 5.60 Å². The summed E-state index contributed by atoms with van der Waals surface area (Å²) in [4.78, 5) is 60.2. The van der Waals surface area contributed by atoms with Crippen LogP contribution in [0, 0.1) is 23.2 Å². The number of anilines is 2. The van der Waals surface area contributed by atoms with Crippen molar-refractivity contribution in [3.8, 4) is 0 Å². The van der Waals surface area contributed by atoms with E-state index in [4.69, 9.17) is 14.2 Å². The third-order valence-corrected chi connectivity index (χ3v) is 9.70. The van der Waals surface area contributed by atoms with Gasteiger partial charge in [0, 0.05) is 77.4 Å². The summed E-state index contributed by atoms with van der Waals surface area (Å²) in [5.41, 5.74) is 1.43. The van der Waals surface area contributed by atoms with Crippen LogP contribution in [0.1, 0.15) is 80.1 Å². The molecule has 1 aromatic rings. The summed E-state index contributed by atoms with van der Waals surface area (Å²) >= 11 is 0. The fourth-order valence-electron chi connectivity index (χ4n) is 7.05. The Morgan fingerprint density at radius 1 is 1.09 bits per heavy atom. The molecule has 47 heavy (non-hydrogen) atoms. The average Bonchev–Trinajstić information content (AvgIpc) is 3.86. The van der Waals surface area contributed by atoms with E-state index in [1.54, 1.807) is 7.11 Å². The maximum Gasteiger partial charge on any atom is 0.410 e. The van der Waals surface area contributed by atoms with Crippen LogP contribution < -0.4 is 15.1 Å². The molecule has 4 aliphatic rings. The largest absolute Gasteiger partial charge is 0.444 e. The molecule has 0 bridgehead atoms. The molecule has 1 N–H and O–H groups in total. The van der Waals surface area contributed by atoms with Gasteiger partial charge in [-0.05, 0) is 89.3 Å².